The Balaban J connectivity index is 1.10. The van der Waals surface area contributed by atoms with Gasteiger partial charge in [-0.15, -0.1) is 0 Å². The van der Waals surface area contributed by atoms with E-state index in [4.69, 9.17) is 0 Å². The summed E-state index contributed by atoms with van der Waals surface area (Å²) in [7, 11) is -3.02. The Bertz CT molecular complexity index is 1940. The Morgan fingerprint density at radius 1 is 0.980 bits per heavy atom. The van der Waals surface area contributed by atoms with Crippen LogP contribution in [0.3, 0.4) is 0 Å². The van der Waals surface area contributed by atoms with Crippen LogP contribution in [0.25, 0.3) is 5.57 Å². The SMILES string of the molecule is C=C(C)[C@@H]1C=CC2(NC(=O)CN3C[C@@H]4C[C@H]3CS4(=O)=O)C=CC3(C)[C@H](CC[C@@H]4C5(C)CC=C(c6ccc(C(=O)O)cc6)C(C)(C)[C@H]5C=CC43C)[C@H]12. The average molecular weight is 711 g/mol. The van der Waals surface area contributed by atoms with Gasteiger partial charge in [-0.1, -0.05) is 101 Å². The lowest BCUT2D eigenvalue weighted by molar-refractivity contribution is -0.135. The molecule has 8 heteroatoms. The molecule has 1 aromatic carbocycles. The number of nitrogens with zero attached hydrogens (tertiary/aromatic N) is 1. The molecule has 2 bridgehead atoms. The number of fused-ring (bicyclic) bond motifs is 9. The molecule has 2 saturated heterocycles. The van der Waals surface area contributed by atoms with Crippen molar-refractivity contribution in [1.29, 1.82) is 0 Å². The molecule has 8 rings (SSSR count). The summed E-state index contributed by atoms with van der Waals surface area (Å²) >= 11 is 0. The third kappa shape index (κ3) is 4.80. The van der Waals surface area contributed by atoms with Gasteiger partial charge in [-0.3, -0.25) is 9.69 Å². The fourth-order valence-electron chi connectivity index (χ4n) is 12.9. The molecular weight excluding hydrogens is 657 g/mol. The van der Waals surface area contributed by atoms with E-state index in [0.29, 0.717) is 36.3 Å². The first-order valence-electron chi connectivity index (χ1n) is 18.9. The lowest BCUT2D eigenvalue weighted by atomic mass is 9.35. The van der Waals surface area contributed by atoms with Crippen LogP contribution in [-0.4, -0.2) is 66.0 Å². The lowest BCUT2D eigenvalue weighted by Crippen LogP contribution is -2.66. The van der Waals surface area contributed by atoms with Crippen molar-refractivity contribution in [3.05, 3.63) is 90.1 Å². The monoisotopic (exact) mass is 710 g/mol. The maximum Gasteiger partial charge on any atom is 0.335 e. The normalized spacial score (nSPS) is 43.8. The number of aromatic carboxylic acids is 1. The molecule has 3 fully saturated rings. The summed E-state index contributed by atoms with van der Waals surface area (Å²) in [5, 5.41) is 12.6. The van der Waals surface area contributed by atoms with Crippen molar-refractivity contribution in [3.63, 3.8) is 0 Å². The van der Waals surface area contributed by atoms with Crippen molar-refractivity contribution in [3.8, 4) is 0 Å². The van der Waals surface area contributed by atoms with Gasteiger partial charge in [0, 0.05) is 24.4 Å². The molecular formula is C43H54N2O5S. The van der Waals surface area contributed by atoms with Crippen LogP contribution in [0.1, 0.15) is 83.1 Å². The van der Waals surface area contributed by atoms with Crippen LogP contribution < -0.4 is 5.32 Å². The highest BCUT2D eigenvalue weighted by Crippen LogP contribution is 2.73. The Morgan fingerprint density at radius 3 is 2.33 bits per heavy atom. The van der Waals surface area contributed by atoms with Crippen LogP contribution in [-0.2, 0) is 14.6 Å². The largest absolute Gasteiger partial charge is 0.478 e. The van der Waals surface area contributed by atoms with E-state index in [0.717, 1.165) is 30.4 Å². The number of benzene rings is 1. The fraction of sp³-hybridized carbons (Fsp3) is 0.581. The predicted octanol–water partition coefficient (Wildman–Crippen LogP) is 7.10. The topological polar surface area (TPSA) is 104 Å². The quantitative estimate of drug-likeness (QED) is 0.306. The van der Waals surface area contributed by atoms with Gasteiger partial charge in [0.05, 0.1) is 28.6 Å². The van der Waals surface area contributed by atoms with Crippen LogP contribution in [0.4, 0.5) is 0 Å². The average Bonchev–Trinajstić information content (AvgIpc) is 3.71. The Morgan fingerprint density at radius 2 is 1.71 bits per heavy atom. The second-order valence-corrected chi connectivity index (χ2v) is 20.7. The summed E-state index contributed by atoms with van der Waals surface area (Å²) in [4.78, 5) is 27.5. The summed E-state index contributed by atoms with van der Waals surface area (Å²) in [6.45, 7) is 19.4. The van der Waals surface area contributed by atoms with Crippen LogP contribution in [0.5, 0.6) is 0 Å². The smallest absolute Gasteiger partial charge is 0.335 e. The molecule has 1 aromatic rings. The number of carboxylic acid groups (broad SMARTS) is 1. The number of sulfone groups is 1. The van der Waals surface area contributed by atoms with Crippen molar-refractivity contribution in [1.82, 2.24) is 10.2 Å². The molecule has 0 spiro atoms. The van der Waals surface area contributed by atoms with Gasteiger partial charge in [-0.2, -0.15) is 0 Å². The first-order chi connectivity index (χ1) is 23.9. The van der Waals surface area contributed by atoms with E-state index in [9.17, 15) is 23.1 Å². The van der Waals surface area contributed by atoms with E-state index in [1.165, 1.54) is 5.57 Å². The zero-order chi connectivity index (χ0) is 36.5. The molecule has 1 amide bonds. The first-order valence-corrected chi connectivity index (χ1v) is 20.6. The number of carbonyl (C=O) groups excluding carboxylic acids is 1. The van der Waals surface area contributed by atoms with E-state index in [1.54, 1.807) is 12.1 Å². The molecule has 7 nitrogen and oxygen atoms in total. The number of carboxylic acids is 1. The highest BCUT2D eigenvalue weighted by atomic mass is 32.2. The van der Waals surface area contributed by atoms with Crippen molar-refractivity contribution >= 4 is 27.3 Å². The summed E-state index contributed by atoms with van der Waals surface area (Å²) in [6, 6.07) is 7.31. The van der Waals surface area contributed by atoms with Crippen molar-refractivity contribution in [2.45, 2.75) is 84.1 Å². The number of allylic oxidation sites excluding steroid dienone is 7. The maximum atomic E-state index is 13.9. The molecule has 5 aliphatic carbocycles. The van der Waals surface area contributed by atoms with E-state index >= 15 is 0 Å². The highest BCUT2D eigenvalue weighted by molar-refractivity contribution is 7.92. The second kappa shape index (κ2) is 11.1. The molecule has 2 N–H and O–H groups in total. The molecule has 2 aliphatic heterocycles. The van der Waals surface area contributed by atoms with Crippen LogP contribution in [0.15, 0.2) is 78.9 Å². The third-order valence-corrected chi connectivity index (χ3v) is 17.8. The van der Waals surface area contributed by atoms with Gasteiger partial charge in [0.1, 0.15) is 0 Å². The van der Waals surface area contributed by atoms with Crippen molar-refractivity contribution in [2.24, 2.45) is 51.2 Å². The minimum atomic E-state index is -3.02. The Hall–Kier alpha value is -3.23. The van der Waals surface area contributed by atoms with Crippen LogP contribution in [0, 0.1) is 51.2 Å². The number of rotatable bonds is 6. The van der Waals surface area contributed by atoms with Crippen molar-refractivity contribution in [2.75, 3.05) is 18.8 Å². The number of likely N-dealkylation sites (tertiary alicyclic amines) is 1. The van der Waals surface area contributed by atoms with Gasteiger partial charge in [0.2, 0.25) is 5.91 Å². The molecule has 2 heterocycles. The highest BCUT2D eigenvalue weighted by Gasteiger charge is 2.68. The fourth-order valence-corrected chi connectivity index (χ4v) is 15.0. The summed E-state index contributed by atoms with van der Waals surface area (Å²) in [6.07, 6.45) is 20.5. The zero-order valence-electron chi connectivity index (χ0n) is 31.0. The number of hydrogen-bond donors (Lipinski definition) is 2. The first kappa shape index (κ1) is 34.8. The van der Waals surface area contributed by atoms with Crippen LogP contribution in [0.2, 0.25) is 0 Å². The second-order valence-electron chi connectivity index (χ2n) is 18.4. The van der Waals surface area contributed by atoms with E-state index in [1.807, 2.05) is 12.1 Å². The van der Waals surface area contributed by atoms with Gasteiger partial charge >= 0.3 is 5.97 Å². The predicted molar refractivity (Wildman–Crippen MR) is 201 cm³/mol. The van der Waals surface area contributed by atoms with Crippen LogP contribution >= 0.6 is 0 Å². The van der Waals surface area contributed by atoms with Gasteiger partial charge in [-0.25, -0.2) is 13.2 Å². The lowest BCUT2D eigenvalue weighted by Gasteiger charge is -2.69. The molecule has 11 atom stereocenters. The van der Waals surface area contributed by atoms with Gasteiger partial charge in [-0.05, 0) is 95.3 Å². The molecule has 0 radical (unpaired) electrons. The number of carbonyl (C=O) groups is 2. The number of hydrogen-bond acceptors (Lipinski definition) is 5. The Kier molecular flexibility index (Phi) is 7.61. The minimum Gasteiger partial charge on any atom is -0.478 e. The standard InChI is InChI=1S/C43H54N2O5S/c1-26(2)31-14-19-43(44-36(46)24-45-23-30-22-29(45)25-51(30,49)50)21-20-41(6)33(37(31)43)12-13-35-40(5)17-15-32(27-8-10-28(11-9-27)38(47)48)39(3,4)34(40)16-18-42(35,41)7/h8-11,14-16,18-21,29-31,33-35,37H,1,12-13,17,22-25H2,2-7H3,(H,44,46)(H,47,48)/t29-,30-,31-,33+,34+,35+,37-,40?,41?,42?,43?/m0/s1. The van der Waals surface area contributed by atoms with E-state index in [2.05, 4.69) is 101 Å². The van der Waals surface area contributed by atoms with Gasteiger partial charge in [0.15, 0.2) is 9.84 Å². The van der Waals surface area contributed by atoms with E-state index in [-0.39, 0.29) is 63.0 Å². The minimum absolute atomic E-state index is 0.0341. The number of amides is 1. The summed E-state index contributed by atoms with van der Waals surface area (Å²) in [5.74, 6) is 0.588. The van der Waals surface area contributed by atoms with E-state index < -0.39 is 21.3 Å². The molecule has 7 aliphatic rings. The third-order valence-electron chi connectivity index (χ3n) is 15.6. The van der Waals surface area contributed by atoms with Gasteiger partial charge < -0.3 is 10.4 Å². The maximum absolute atomic E-state index is 13.9. The molecule has 1 saturated carbocycles. The van der Waals surface area contributed by atoms with Crippen molar-refractivity contribution < 1.29 is 23.1 Å². The molecule has 51 heavy (non-hydrogen) atoms. The zero-order valence-corrected chi connectivity index (χ0v) is 31.8. The molecule has 4 unspecified atom stereocenters. The summed E-state index contributed by atoms with van der Waals surface area (Å²) in [5.41, 5.74) is 2.84. The number of nitrogens with one attached hydrogen (secondary N) is 1. The molecule has 0 aromatic heterocycles. The van der Waals surface area contributed by atoms with Gasteiger partial charge in [0.25, 0.3) is 0 Å². The summed E-state index contributed by atoms with van der Waals surface area (Å²) < 4.78 is 24.7. The molecule has 272 valence electrons. The Labute approximate surface area is 303 Å².